The first-order chi connectivity index (χ1) is 9.95. The quantitative estimate of drug-likeness (QED) is 0.904. The molecule has 2 aromatic rings. The van der Waals surface area contributed by atoms with E-state index in [0.717, 1.165) is 11.3 Å². The molecule has 0 radical (unpaired) electrons. The average molecular weight is 321 g/mol. The second-order valence-corrected chi connectivity index (χ2v) is 8.72. The van der Waals surface area contributed by atoms with Crippen molar-refractivity contribution in [1.82, 2.24) is 0 Å². The summed E-state index contributed by atoms with van der Waals surface area (Å²) in [5.41, 5.74) is 1.99. The van der Waals surface area contributed by atoms with Gasteiger partial charge in [-0.1, -0.05) is 12.1 Å². The standard InChI is InChI=1S/C16H19NO2S2/c1-11-5-8-13(21(2,18)19)10-14(11)17-16(12-6-7-12)15-4-3-9-20-15/h3-5,8-10,12,16-17H,6-7H2,1-2H3. The molecule has 3 nitrogen and oxygen atoms in total. The van der Waals surface area contributed by atoms with E-state index in [1.54, 1.807) is 23.5 Å². The molecule has 112 valence electrons. The fraction of sp³-hybridized carbons (Fsp3) is 0.375. The summed E-state index contributed by atoms with van der Waals surface area (Å²) in [5.74, 6) is 0.657. The number of nitrogens with one attached hydrogen (secondary N) is 1. The van der Waals surface area contributed by atoms with Gasteiger partial charge in [0.25, 0.3) is 0 Å². The molecule has 1 unspecified atom stereocenters. The largest absolute Gasteiger partial charge is 0.377 e. The molecule has 1 atom stereocenters. The van der Waals surface area contributed by atoms with Crippen LogP contribution in [0, 0.1) is 12.8 Å². The number of anilines is 1. The molecule has 0 saturated heterocycles. The highest BCUT2D eigenvalue weighted by Gasteiger charge is 2.33. The van der Waals surface area contributed by atoms with Crippen LogP contribution in [-0.4, -0.2) is 14.7 Å². The molecule has 1 aliphatic carbocycles. The molecule has 21 heavy (non-hydrogen) atoms. The summed E-state index contributed by atoms with van der Waals surface area (Å²) in [5, 5.41) is 5.66. The van der Waals surface area contributed by atoms with Crippen LogP contribution >= 0.6 is 11.3 Å². The van der Waals surface area contributed by atoms with E-state index in [9.17, 15) is 8.42 Å². The first-order valence-corrected chi connectivity index (χ1v) is 9.83. The summed E-state index contributed by atoms with van der Waals surface area (Å²) in [7, 11) is -3.17. The maximum Gasteiger partial charge on any atom is 0.175 e. The highest BCUT2D eigenvalue weighted by molar-refractivity contribution is 7.90. The predicted octanol–water partition coefficient (Wildman–Crippen LogP) is 4.02. The highest BCUT2D eigenvalue weighted by atomic mass is 32.2. The Labute approximate surface area is 129 Å². The van der Waals surface area contributed by atoms with Crippen LogP contribution in [0.25, 0.3) is 0 Å². The Hall–Kier alpha value is -1.33. The van der Waals surface area contributed by atoms with Gasteiger partial charge in [-0.3, -0.25) is 0 Å². The van der Waals surface area contributed by atoms with Crippen molar-refractivity contribution in [3.63, 3.8) is 0 Å². The van der Waals surface area contributed by atoms with Crippen molar-refractivity contribution in [2.45, 2.75) is 30.7 Å². The molecule has 0 spiro atoms. The molecule has 1 N–H and O–H groups in total. The summed E-state index contributed by atoms with van der Waals surface area (Å²) in [6, 6.07) is 9.81. The van der Waals surface area contributed by atoms with Gasteiger partial charge in [0.15, 0.2) is 9.84 Å². The minimum Gasteiger partial charge on any atom is -0.377 e. The van der Waals surface area contributed by atoms with Gasteiger partial charge in [0, 0.05) is 16.8 Å². The van der Waals surface area contributed by atoms with Crippen molar-refractivity contribution in [2.24, 2.45) is 5.92 Å². The molecule has 1 aromatic carbocycles. The van der Waals surface area contributed by atoms with Gasteiger partial charge in [0.05, 0.1) is 10.9 Å². The summed E-state index contributed by atoms with van der Waals surface area (Å²) in [4.78, 5) is 1.69. The molecule has 3 rings (SSSR count). The molecule has 1 aromatic heterocycles. The number of thiophene rings is 1. The zero-order valence-corrected chi connectivity index (χ0v) is 13.8. The van der Waals surface area contributed by atoms with Crippen LogP contribution in [0.5, 0.6) is 0 Å². The highest BCUT2D eigenvalue weighted by Crippen LogP contribution is 2.44. The third-order valence-corrected chi connectivity index (χ3v) is 5.96. The fourth-order valence-electron chi connectivity index (χ4n) is 2.47. The SMILES string of the molecule is Cc1ccc(S(C)(=O)=O)cc1NC(c1cccs1)C1CC1. The summed E-state index contributed by atoms with van der Waals surface area (Å²) < 4.78 is 23.5. The van der Waals surface area contributed by atoms with Crippen LogP contribution in [0.3, 0.4) is 0 Å². The van der Waals surface area contributed by atoms with Crippen LogP contribution in [0.1, 0.15) is 29.3 Å². The summed E-state index contributed by atoms with van der Waals surface area (Å²) >= 11 is 1.75. The average Bonchev–Trinajstić information content (AvgIpc) is 3.11. The Morgan fingerprint density at radius 2 is 2.05 bits per heavy atom. The van der Waals surface area contributed by atoms with Gasteiger partial charge in [-0.25, -0.2) is 8.42 Å². The van der Waals surface area contributed by atoms with Crippen molar-refractivity contribution in [2.75, 3.05) is 11.6 Å². The Morgan fingerprint density at radius 1 is 1.29 bits per heavy atom. The van der Waals surface area contributed by atoms with Crippen LogP contribution in [0.15, 0.2) is 40.6 Å². The van der Waals surface area contributed by atoms with Gasteiger partial charge in [0.1, 0.15) is 0 Å². The first-order valence-electron chi connectivity index (χ1n) is 7.06. The van der Waals surface area contributed by atoms with Gasteiger partial charge < -0.3 is 5.32 Å². The second-order valence-electron chi connectivity index (χ2n) is 5.72. The van der Waals surface area contributed by atoms with Crippen LogP contribution in [0.4, 0.5) is 5.69 Å². The molecule has 1 saturated carbocycles. The lowest BCUT2D eigenvalue weighted by atomic mass is 10.1. The van der Waals surface area contributed by atoms with Crippen LogP contribution in [-0.2, 0) is 9.84 Å². The van der Waals surface area contributed by atoms with E-state index >= 15 is 0 Å². The zero-order valence-electron chi connectivity index (χ0n) is 12.2. The molecule has 1 aliphatic rings. The molecule has 0 aliphatic heterocycles. The van der Waals surface area contributed by atoms with E-state index in [-0.39, 0.29) is 0 Å². The van der Waals surface area contributed by atoms with Crippen molar-refractivity contribution in [1.29, 1.82) is 0 Å². The number of hydrogen-bond acceptors (Lipinski definition) is 4. The molecular formula is C16H19NO2S2. The second kappa shape index (κ2) is 5.46. The Morgan fingerprint density at radius 3 is 2.62 bits per heavy atom. The molecule has 1 heterocycles. The molecular weight excluding hydrogens is 302 g/mol. The lowest BCUT2D eigenvalue weighted by molar-refractivity contribution is 0.602. The Kier molecular flexibility index (Phi) is 3.80. The van der Waals surface area contributed by atoms with Gasteiger partial charge in [-0.2, -0.15) is 0 Å². The minimum absolute atomic E-state index is 0.290. The van der Waals surface area contributed by atoms with Crippen LogP contribution in [0.2, 0.25) is 0 Å². The third-order valence-electron chi connectivity index (χ3n) is 3.89. The van der Waals surface area contributed by atoms with Gasteiger partial charge in [0.2, 0.25) is 0 Å². The Bertz CT molecular complexity index is 732. The van der Waals surface area contributed by atoms with E-state index in [1.807, 2.05) is 13.0 Å². The number of benzene rings is 1. The molecule has 0 bridgehead atoms. The monoisotopic (exact) mass is 321 g/mol. The number of rotatable bonds is 5. The maximum absolute atomic E-state index is 11.7. The molecule has 1 fully saturated rings. The number of hydrogen-bond donors (Lipinski definition) is 1. The van der Waals surface area contributed by atoms with E-state index in [0.29, 0.717) is 16.9 Å². The van der Waals surface area contributed by atoms with Crippen LogP contribution < -0.4 is 5.32 Å². The van der Waals surface area contributed by atoms with Crippen molar-refractivity contribution >= 4 is 26.9 Å². The topological polar surface area (TPSA) is 46.2 Å². The number of sulfone groups is 1. The van der Waals surface area contributed by atoms with Crippen molar-refractivity contribution in [3.8, 4) is 0 Å². The normalized spacial score (nSPS) is 16.7. The van der Waals surface area contributed by atoms with E-state index in [1.165, 1.54) is 24.0 Å². The minimum atomic E-state index is -3.17. The van der Waals surface area contributed by atoms with Crippen molar-refractivity contribution < 1.29 is 8.42 Å². The fourth-order valence-corrected chi connectivity index (χ4v) is 3.99. The van der Waals surface area contributed by atoms with Gasteiger partial charge >= 0.3 is 0 Å². The smallest absolute Gasteiger partial charge is 0.175 e. The molecule has 0 amide bonds. The van der Waals surface area contributed by atoms with Gasteiger partial charge in [-0.15, -0.1) is 11.3 Å². The maximum atomic E-state index is 11.7. The first kappa shape index (κ1) is 14.6. The van der Waals surface area contributed by atoms with Crippen molar-refractivity contribution in [3.05, 3.63) is 46.2 Å². The summed E-state index contributed by atoms with van der Waals surface area (Å²) in [6.07, 6.45) is 3.72. The lowest BCUT2D eigenvalue weighted by Crippen LogP contribution is -2.13. The van der Waals surface area contributed by atoms with E-state index in [4.69, 9.17) is 0 Å². The zero-order chi connectivity index (χ0) is 15.0. The predicted molar refractivity (Wildman–Crippen MR) is 87.7 cm³/mol. The third kappa shape index (κ3) is 3.30. The molecule has 5 heteroatoms. The Balaban J connectivity index is 1.93. The van der Waals surface area contributed by atoms with E-state index in [2.05, 4.69) is 22.8 Å². The lowest BCUT2D eigenvalue weighted by Gasteiger charge is -2.20. The number of aryl methyl sites for hydroxylation is 1. The van der Waals surface area contributed by atoms with E-state index < -0.39 is 9.84 Å². The summed E-state index contributed by atoms with van der Waals surface area (Å²) in [6.45, 7) is 2.01. The van der Waals surface area contributed by atoms with Gasteiger partial charge in [-0.05, 0) is 54.8 Å².